The van der Waals surface area contributed by atoms with E-state index in [-0.39, 0.29) is 0 Å². The molecule has 0 spiro atoms. The van der Waals surface area contributed by atoms with Gasteiger partial charge in [0.1, 0.15) is 0 Å². The highest BCUT2D eigenvalue weighted by atomic mass is 14.3. The van der Waals surface area contributed by atoms with E-state index in [0.717, 1.165) is 19.3 Å². The summed E-state index contributed by atoms with van der Waals surface area (Å²) in [6.07, 6.45) is 4.51. The molecule has 1 rings (SSSR count). The average Bonchev–Trinajstić information content (AvgIpc) is 2.26. The molecule has 0 amide bonds. The summed E-state index contributed by atoms with van der Waals surface area (Å²) in [5.41, 5.74) is 4.26. The number of hydrogen-bond donors (Lipinski definition) is 0. The first kappa shape index (κ1) is 14.8. The standard InChI is InChI=1S/C18H26/c1-15(2)13-18(5,14-16(3)4)12-11-17-9-7-6-8-10-17/h6-10H,1,3,11-14H2,2,4-5H3. The molecular formula is C18H26. The third kappa shape index (κ3) is 5.35. The van der Waals surface area contributed by atoms with Crippen molar-refractivity contribution in [3.05, 3.63) is 60.2 Å². The molecular weight excluding hydrogens is 216 g/mol. The molecule has 0 atom stereocenters. The van der Waals surface area contributed by atoms with Crippen molar-refractivity contribution in [3.8, 4) is 0 Å². The van der Waals surface area contributed by atoms with Crippen LogP contribution in [0.3, 0.4) is 0 Å². The number of hydrogen-bond acceptors (Lipinski definition) is 0. The second-order valence-electron chi connectivity index (χ2n) is 6.06. The Hall–Kier alpha value is -1.30. The second-order valence-corrected chi connectivity index (χ2v) is 6.06. The van der Waals surface area contributed by atoms with Crippen LogP contribution in [0.4, 0.5) is 0 Å². The fourth-order valence-corrected chi connectivity index (χ4v) is 2.79. The van der Waals surface area contributed by atoms with Crippen LogP contribution >= 0.6 is 0 Å². The lowest BCUT2D eigenvalue weighted by molar-refractivity contribution is 0.291. The maximum absolute atomic E-state index is 4.07. The average molecular weight is 242 g/mol. The molecule has 0 aliphatic heterocycles. The van der Waals surface area contributed by atoms with E-state index in [1.165, 1.54) is 23.1 Å². The first-order chi connectivity index (χ1) is 8.41. The van der Waals surface area contributed by atoms with Gasteiger partial charge in [0.05, 0.1) is 0 Å². The molecule has 18 heavy (non-hydrogen) atoms. The van der Waals surface area contributed by atoms with E-state index in [0.29, 0.717) is 5.41 Å². The van der Waals surface area contributed by atoms with E-state index in [2.05, 4.69) is 64.3 Å². The summed E-state index contributed by atoms with van der Waals surface area (Å²) >= 11 is 0. The summed E-state index contributed by atoms with van der Waals surface area (Å²) in [6.45, 7) is 14.8. The van der Waals surface area contributed by atoms with Gasteiger partial charge in [0, 0.05) is 0 Å². The molecule has 0 N–H and O–H groups in total. The molecule has 0 aliphatic carbocycles. The molecule has 0 aromatic heterocycles. The number of benzene rings is 1. The Morgan fingerprint density at radius 3 is 1.94 bits per heavy atom. The lowest BCUT2D eigenvalue weighted by atomic mass is 9.75. The summed E-state index contributed by atoms with van der Waals surface area (Å²) in [6, 6.07) is 10.7. The highest BCUT2D eigenvalue weighted by Crippen LogP contribution is 2.36. The van der Waals surface area contributed by atoms with Crippen LogP contribution in [0.5, 0.6) is 0 Å². The summed E-state index contributed by atoms with van der Waals surface area (Å²) < 4.78 is 0. The van der Waals surface area contributed by atoms with Crippen LogP contribution < -0.4 is 0 Å². The SMILES string of the molecule is C=C(C)CC(C)(CCc1ccccc1)CC(=C)C. The predicted molar refractivity (Wildman–Crippen MR) is 81.7 cm³/mol. The third-order valence-electron chi connectivity index (χ3n) is 3.32. The number of allylic oxidation sites excluding steroid dienone is 2. The zero-order valence-corrected chi connectivity index (χ0v) is 12.1. The van der Waals surface area contributed by atoms with Gasteiger partial charge in [0.2, 0.25) is 0 Å². The molecule has 0 saturated carbocycles. The molecule has 0 nitrogen and oxygen atoms in total. The number of aryl methyl sites for hydroxylation is 1. The monoisotopic (exact) mass is 242 g/mol. The molecule has 0 saturated heterocycles. The Morgan fingerprint density at radius 1 is 1.00 bits per heavy atom. The summed E-state index contributed by atoms with van der Waals surface area (Å²) in [4.78, 5) is 0. The van der Waals surface area contributed by atoms with Gasteiger partial charge in [0.25, 0.3) is 0 Å². The van der Waals surface area contributed by atoms with Crippen LogP contribution in [0.1, 0.15) is 45.6 Å². The second kappa shape index (κ2) is 6.58. The van der Waals surface area contributed by atoms with Crippen molar-refractivity contribution in [1.29, 1.82) is 0 Å². The predicted octanol–water partition coefficient (Wildman–Crippen LogP) is 5.56. The van der Waals surface area contributed by atoms with Crippen LogP contribution in [0.2, 0.25) is 0 Å². The van der Waals surface area contributed by atoms with Crippen molar-refractivity contribution in [3.63, 3.8) is 0 Å². The summed E-state index contributed by atoms with van der Waals surface area (Å²) in [5, 5.41) is 0. The minimum atomic E-state index is 0.299. The van der Waals surface area contributed by atoms with Crippen molar-refractivity contribution < 1.29 is 0 Å². The van der Waals surface area contributed by atoms with Gasteiger partial charge in [-0.1, -0.05) is 48.4 Å². The Balaban J connectivity index is 2.66. The van der Waals surface area contributed by atoms with Crippen molar-refractivity contribution in [2.45, 2.75) is 46.5 Å². The molecule has 98 valence electrons. The van der Waals surface area contributed by atoms with Gasteiger partial charge in [-0.15, -0.1) is 13.2 Å². The Labute approximate surface area is 112 Å². The molecule has 0 fully saturated rings. The Bertz CT molecular complexity index is 381. The largest absolute Gasteiger partial charge is 0.100 e. The van der Waals surface area contributed by atoms with E-state index in [1.54, 1.807) is 0 Å². The van der Waals surface area contributed by atoms with Gasteiger partial charge in [-0.2, -0.15) is 0 Å². The van der Waals surface area contributed by atoms with Crippen LogP contribution in [0.25, 0.3) is 0 Å². The lowest BCUT2D eigenvalue weighted by Crippen LogP contribution is -2.18. The van der Waals surface area contributed by atoms with Crippen LogP contribution in [-0.2, 0) is 6.42 Å². The first-order valence-electron chi connectivity index (χ1n) is 6.74. The maximum Gasteiger partial charge on any atom is -0.0249 e. The molecule has 1 aromatic carbocycles. The van der Waals surface area contributed by atoms with Gasteiger partial charge in [-0.05, 0) is 50.5 Å². The highest BCUT2D eigenvalue weighted by Gasteiger charge is 2.24. The third-order valence-corrected chi connectivity index (χ3v) is 3.32. The smallest absolute Gasteiger partial charge is 0.0249 e. The van der Waals surface area contributed by atoms with E-state index in [1.807, 2.05) is 0 Å². The zero-order chi connectivity index (χ0) is 13.6. The van der Waals surface area contributed by atoms with Gasteiger partial charge in [0.15, 0.2) is 0 Å². The molecule has 0 radical (unpaired) electrons. The van der Waals surface area contributed by atoms with E-state index < -0.39 is 0 Å². The Kier molecular flexibility index (Phi) is 5.40. The maximum atomic E-state index is 4.07. The van der Waals surface area contributed by atoms with Gasteiger partial charge >= 0.3 is 0 Å². The minimum Gasteiger partial charge on any atom is -0.100 e. The quantitative estimate of drug-likeness (QED) is 0.549. The molecule has 0 bridgehead atoms. The van der Waals surface area contributed by atoms with Crippen LogP contribution in [0, 0.1) is 5.41 Å². The highest BCUT2D eigenvalue weighted by molar-refractivity contribution is 5.15. The van der Waals surface area contributed by atoms with E-state index in [9.17, 15) is 0 Å². The Morgan fingerprint density at radius 2 is 1.50 bits per heavy atom. The molecule has 0 heteroatoms. The number of rotatable bonds is 7. The fourth-order valence-electron chi connectivity index (χ4n) is 2.79. The molecule has 0 heterocycles. The molecule has 1 aromatic rings. The lowest BCUT2D eigenvalue weighted by Gasteiger charge is -2.30. The van der Waals surface area contributed by atoms with Gasteiger partial charge in [-0.25, -0.2) is 0 Å². The normalized spacial score (nSPS) is 11.3. The molecule has 0 aliphatic rings. The minimum absolute atomic E-state index is 0.299. The topological polar surface area (TPSA) is 0 Å². The van der Waals surface area contributed by atoms with Crippen molar-refractivity contribution in [2.24, 2.45) is 5.41 Å². The van der Waals surface area contributed by atoms with E-state index >= 15 is 0 Å². The van der Waals surface area contributed by atoms with Crippen molar-refractivity contribution >= 4 is 0 Å². The zero-order valence-electron chi connectivity index (χ0n) is 12.1. The fraction of sp³-hybridized carbons (Fsp3) is 0.444. The van der Waals surface area contributed by atoms with Gasteiger partial charge < -0.3 is 0 Å². The molecule has 0 unspecified atom stereocenters. The van der Waals surface area contributed by atoms with Gasteiger partial charge in [-0.3, -0.25) is 0 Å². The summed E-state index contributed by atoms with van der Waals surface area (Å²) in [5.74, 6) is 0. The first-order valence-corrected chi connectivity index (χ1v) is 6.74. The van der Waals surface area contributed by atoms with Crippen LogP contribution in [0.15, 0.2) is 54.6 Å². The van der Waals surface area contributed by atoms with E-state index in [4.69, 9.17) is 0 Å². The van der Waals surface area contributed by atoms with Crippen LogP contribution in [-0.4, -0.2) is 0 Å². The van der Waals surface area contributed by atoms with Crippen molar-refractivity contribution in [2.75, 3.05) is 0 Å². The van der Waals surface area contributed by atoms with Crippen molar-refractivity contribution in [1.82, 2.24) is 0 Å². The summed E-state index contributed by atoms with van der Waals surface area (Å²) in [7, 11) is 0.